The van der Waals surface area contributed by atoms with Gasteiger partial charge in [0.25, 0.3) is 11.4 Å². The molecule has 2 aromatic carbocycles. The summed E-state index contributed by atoms with van der Waals surface area (Å²) in [6, 6.07) is 11.8. The maximum absolute atomic E-state index is 10.5. The van der Waals surface area contributed by atoms with Gasteiger partial charge in [-0.2, -0.15) is 0 Å². The largest absolute Gasteiger partial charge is 1.00 e. The molecule has 0 radical (unpaired) electrons. The summed E-state index contributed by atoms with van der Waals surface area (Å²) in [7, 11) is 0. The number of H-pyrrole nitrogens is 2. The number of benzene rings is 2. The van der Waals surface area contributed by atoms with Crippen molar-refractivity contribution >= 4 is 11.4 Å². The number of nitro benzene ring substituents is 2. The Morgan fingerprint density at radius 1 is 0.694 bits per heavy atom. The van der Waals surface area contributed by atoms with E-state index in [4.69, 9.17) is 0 Å². The van der Waals surface area contributed by atoms with Crippen LogP contribution in [-0.4, -0.2) is 30.0 Å². The third kappa shape index (κ3) is 8.74. The van der Waals surface area contributed by atoms with Crippen LogP contribution < -0.4 is 33.9 Å². The van der Waals surface area contributed by atoms with Crippen LogP contribution in [0.5, 0.6) is 0 Å². The predicted molar refractivity (Wildman–Crippen MR) is 118 cm³/mol. The Morgan fingerprint density at radius 2 is 1.03 bits per heavy atom. The number of hydrogen-bond donors (Lipinski definition) is 4. The van der Waals surface area contributed by atoms with Crippen molar-refractivity contribution in [3.8, 4) is 0 Å². The minimum atomic E-state index is -0.684. The highest BCUT2D eigenvalue weighted by Crippen LogP contribution is 2.18. The summed E-state index contributed by atoms with van der Waals surface area (Å²) in [6.45, 7) is 0.808. The van der Waals surface area contributed by atoms with Crippen LogP contribution in [0.1, 0.15) is 23.3 Å². The van der Waals surface area contributed by atoms with Crippen molar-refractivity contribution in [3.05, 3.63) is 117 Å². The fourth-order valence-electron chi connectivity index (χ4n) is 3.11. The standard InChI is InChI=1S/2C11H11N3O3.2ClH/c2*15-11(7-13-6-5-12-8-13)9-1-3-10(4-2-9)14(16)17;;/h2*1-6,8,11,15H,7H2;2*1H/t2*11-;;/m10../s1. The lowest BCUT2D eigenvalue weighted by Crippen LogP contribution is -3.00. The lowest BCUT2D eigenvalue weighted by Gasteiger charge is -2.07. The van der Waals surface area contributed by atoms with Crippen LogP contribution in [0.2, 0.25) is 0 Å². The number of imidazole rings is 2. The molecule has 192 valence electrons. The van der Waals surface area contributed by atoms with Gasteiger partial charge in [-0.25, -0.2) is 9.13 Å². The first-order chi connectivity index (χ1) is 16.3. The molecule has 0 amide bonds. The van der Waals surface area contributed by atoms with E-state index in [-0.39, 0.29) is 36.2 Å². The molecule has 0 aliphatic carbocycles. The fraction of sp³-hybridized carbons (Fsp3) is 0.182. The molecule has 2 heterocycles. The maximum atomic E-state index is 10.5. The molecular weight excluding hydrogens is 515 g/mol. The summed E-state index contributed by atoms with van der Waals surface area (Å²) < 4.78 is 3.60. The van der Waals surface area contributed by atoms with Crippen LogP contribution in [0.3, 0.4) is 0 Å². The molecule has 2 atom stereocenters. The number of halogens is 2. The molecule has 0 aliphatic rings. The monoisotopic (exact) mass is 538 g/mol. The zero-order valence-corrected chi connectivity index (χ0v) is 20.2. The second-order valence-corrected chi connectivity index (χ2v) is 7.35. The first kappa shape index (κ1) is 30.2. The van der Waals surface area contributed by atoms with E-state index in [0.29, 0.717) is 24.2 Å². The molecule has 12 nitrogen and oxygen atoms in total. The van der Waals surface area contributed by atoms with E-state index in [1.54, 1.807) is 70.8 Å². The van der Waals surface area contributed by atoms with Crippen molar-refractivity contribution < 1.29 is 54.0 Å². The van der Waals surface area contributed by atoms with Gasteiger partial charge >= 0.3 is 0 Å². The Kier molecular flexibility index (Phi) is 12.2. The lowest BCUT2D eigenvalue weighted by molar-refractivity contribution is -0.703. The third-order valence-electron chi connectivity index (χ3n) is 4.95. The summed E-state index contributed by atoms with van der Waals surface area (Å²) in [5.74, 6) is 0. The lowest BCUT2D eigenvalue weighted by atomic mass is 10.1. The topological polar surface area (TPSA) is 166 Å². The average molecular weight is 539 g/mol. The van der Waals surface area contributed by atoms with Gasteiger partial charge < -0.3 is 35.0 Å². The quantitative estimate of drug-likeness (QED) is 0.101. The summed E-state index contributed by atoms with van der Waals surface area (Å²) in [6.07, 6.45) is 9.20. The van der Waals surface area contributed by atoms with Crippen molar-refractivity contribution in [2.45, 2.75) is 25.3 Å². The molecule has 14 heteroatoms. The normalized spacial score (nSPS) is 11.6. The maximum Gasteiger partial charge on any atom is 0.269 e. The zero-order valence-electron chi connectivity index (χ0n) is 18.7. The van der Waals surface area contributed by atoms with Crippen LogP contribution >= 0.6 is 0 Å². The first-order valence-electron chi connectivity index (χ1n) is 10.2. The van der Waals surface area contributed by atoms with Crippen molar-refractivity contribution in [3.63, 3.8) is 0 Å². The minimum Gasteiger partial charge on any atom is -1.00 e. The molecule has 0 saturated heterocycles. The van der Waals surface area contributed by atoms with E-state index in [2.05, 4.69) is 9.97 Å². The van der Waals surface area contributed by atoms with Gasteiger partial charge in [0, 0.05) is 24.3 Å². The molecule has 0 spiro atoms. The number of nitrogens with one attached hydrogen (secondary N) is 2. The predicted octanol–water partition coefficient (Wildman–Crippen LogP) is -4.10. The number of rotatable bonds is 8. The van der Waals surface area contributed by atoms with E-state index in [1.807, 2.05) is 0 Å². The number of aromatic nitrogens is 4. The number of non-ortho nitro benzene ring substituents is 2. The molecule has 0 aliphatic heterocycles. The van der Waals surface area contributed by atoms with Gasteiger partial charge in [0.1, 0.15) is 50.1 Å². The SMILES string of the molecule is O=[N+]([O-])c1ccc([C@@H](O)C[n+]2cc[nH]c2)cc1.O=[N+]([O-])c1ccc([C@H](O)C[n+]2cc[nH]c2)cc1.[Cl-].[Cl-]. The second kappa shape index (κ2) is 14.5. The molecule has 0 bridgehead atoms. The van der Waals surface area contributed by atoms with E-state index in [1.165, 1.54) is 24.3 Å². The van der Waals surface area contributed by atoms with Crippen molar-refractivity contribution in [2.24, 2.45) is 0 Å². The average Bonchev–Trinajstić information content (AvgIpc) is 3.54. The summed E-state index contributed by atoms with van der Waals surface area (Å²) in [5.41, 5.74) is 1.36. The fourth-order valence-corrected chi connectivity index (χ4v) is 3.11. The van der Waals surface area contributed by atoms with Crippen LogP contribution in [0.4, 0.5) is 11.4 Å². The number of nitro groups is 2. The van der Waals surface area contributed by atoms with E-state index < -0.39 is 22.1 Å². The van der Waals surface area contributed by atoms with Crippen LogP contribution in [0, 0.1) is 20.2 Å². The van der Waals surface area contributed by atoms with Gasteiger partial charge in [0.05, 0.1) is 9.85 Å². The molecule has 4 N–H and O–H groups in total. The summed E-state index contributed by atoms with van der Waals surface area (Å²) in [4.78, 5) is 25.8. The Hall–Kier alpha value is -3.84. The smallest absolute Gasteiger partial charge is 0.269 e. The number of hydrogen-bond acceptors (Lipinski definition) is 6. The van der Waals surface area contributed by atoms with Gasteiger partial charge in [-0.15, -0.1) is 0 Å². The Balaban J connectivity index is 0.000000341. The molecule has 4 aromatic rings. The van der Waals surface area contributed by atoms with Crippen molar-refractivity contribution in [1.29, 1.82) is 0 Å². The Labute approximate surface area is 218 Å². The van der Waals surface area contributed by atoms with Gasteiger partial charge in [-0.1, -0.05) is 0 Å². The molecule has 0 fully saturated rings. The number of aliphatic hydroxyl groups is 2. The minimum absolute atomic E-state index is 0. The second-order valence-electron chi connectivity index (χ2n) is 7.35. The molecule has 2 aromatic heterocycles. The first-order valence-corrected chi connectivity index (χ1v) is 10.2. The molecule has 0 unspecified atom stereocenters. The van der Waals surface area contributed by atoms with Crippen LogP contribution in [-0.2, 0) is 13.1 Å². The molecule has 36 heavy (non-hydrogen) atoms. The van der Waals surface area contributed by atoms with Gasteiger partial charge in [0.2, 0.25) is 12.7 Å². The zero-order chi connectivity index (χ0) is 24.5. The third-order valence-corrected chi connectivity index (χ3v) is 4.95. The van der Waals surface area contributed by atoms with E-state index in [0.717, 1.165) is 0 Å². The number of aromatic amines is 2. The highest BCUT2D eigenvalue weighted by atomic mass is 35.5. The Bertz CT molecular complexity index is 1090. The van der Waals surface area contributed by atoms with Gasteiger partial charge in [-0.05, 0) is 35.4 Å². The van der Waals surface area contributed by atoms with E-state index >= 15 is 0 Å². The number of nitrogens with zero attached hydrogens (tertiary/aromatic N) is 4. The van der Waals surface area contributed by atoms with Crippen molar-refractivity contribution in [2.75, 3.05) is 0 Å². The van der Waals surface area contributed by atoms with E-state index in [9.17, 15) is 30.4 Å². The van der Waals surface area contributed by atoms with Crippen LogP contribution in [0.15, 0.2) is 86.0 Å². The van der Waals surface area contributed by atoms with Crippen molar-refractivity contribution in [1.82, 2.24) is 9.97 Å². The van der Waals surface area contributed by atoms with Crippen LogP contribution in [0.25, 0.3) is 0 Å². The number of aliphatic hydroxyl groups excluding tert-OH is 2. The summed E-state index contributed by atoms with van der Waals surface area (Å²) in [5, 5.41) is 40.8. The highest BCUT2D eigenvalue weighted by Gasteiger charge is 2.14. The van der Waals surface area contributed by atoms with Gasteiger partial charge in [0.15, 0.2) is 0 Å². The summed E-state index contributed by atoms with van der Waals surface area (Å²) >= 11 is 0. The molecular formula is C22H24Cl2N6O6. The Morgan fingerprint density at radius 3 is 1.28 bits per heavy atom. The highest BCUT2D eigenvalue weighted by molar-refractivity contribution is 5.34. The van der Waals surface area contributed by atoms with Gasteiger partial charge in [-0.3, -0.25) is 30.2 Å². The molecule has 0 saturated carbocycles. The molecule has 4 rings (SSSR count).